The quantitative estimate of drug-likeness (QED) is 0.585. The van der Waals surface area contributed by atoms with E-state index in [9.17, 15) is 0 Å². The van der Waals surface area contributed by atoms with Gasteiger partial charge in [0.15, 0.2) is 5.96 Å². The average molecular weight is 308 g/mol. The van der Waals surface area contributed by atoms with Crippen LogP contribution in [0.25, 0.3) is 0 Å². The Labute approximate surface area is 135 Å². The van der Waals surface area contributed by atoms with Gasteiger partial charge in [-0.05, 0) is 46.3 Å². The fourth-order valence-corrected chi connectivity index (χ4v) is 2.42. The molecule has 0 fully saturated rings. The Morgan fingerprint density at radius 2 is 2.09 bits per heavy atom. The van der Waals surface area contributed by atoms with Crippen LogP contribution in [0.15, 0.2) is 4.99 Å². The number of hydrogen-bond acceptors (Lipinski definition) is 3. The third-order valence-corrected chi connectivity index (χ3v) is 4.10. The van der Waals surface area contributed by atoms with Crippen LogP contribution in [0, 0.1) is 13.8 Å². The molecule has 0 spiro atoms. The second-order valence-corrected chi connectivity index (χ2v) is 5.92. The largest absolute Gasteiger partial charge is 0.355 e. The van der Waals surface area contributed by atoms with Gasteiger partial charge in [-0.1, -0.05) is 6.92 Å². The number of nitrogens with zero attached hydrogens (tertiary/aromatic N) is 4. The Morgan fingerprint density at radius 1 is 1.41 bits per heavy atom. The van der Waals surface area contributed by atoms with E-state index in [-0.39, 0.29) is 0 Å². The van der Waals surface area contributed by atoms with Gasteiger partial charge in [-0.3, -0.25) is 9.67 Å². The van der Waals surface area contributed by atoms with Crippen LogP contribution in [0.4, 0.5) is 0 Å². The lowest BCUT2D eigenvalue weighted by atomic mass is 10.1. The predicted molar refractivity (Wildman–Crippen MR) is 93.5 cm³/mol. The van der Waals surface area contributed by atoms with Crippen LogP contribution < -0.4 is 10.6 Å². The van der Waals surface area contributed by atoms with Gasteiger partial charge in [0.25, 0.3) is 0 Å². The van der Waals surface area contributed by atoms with E-state index in [4.69, 9.17) is 0 Å². The van der Waals surface area contributed by atoms with E-state index < -0.39 is 0 Å². The first kappa shape index (κ1) is 18.5. The van der Waals surface area contributed by atoms with Crippen LogP contribution in [-0.4, -0.2) is 60.4 Å². The number of aliphatic imine (C=N–C) groups is 1. The summed E-state index contributed by atoms with van der Waals surface area (Å²) in [7, 11) is 5.93. The van der Waals surface area contributed by atoms with Gasteiger partial charge in [0.05, 0.1) is 5.69 Å². The zero-order valence-electron chi connectivity index (χ0n) is 15.2. The molecular formula is C16H32N6. The van der Waals surface area contributed by atoms with Gasteiger partial charge in [0.1, 0.15) is 0 Å². The summed E-state index contributed by atoms with van der Waals surface area (Å²) in [6, 6.07) is 0.303. The topological polar surface area (TPSA) is 57.5 Å². The van der Waals surface area contributed by atoms with Crippen LogP contribution in [0.2, 0.25) is 0 Å². The van der Waals surface area contributed by atoms with Gasteiger partial charge in [0, 0.05) is 38.9 Å². The van der Waals surface area contributed by atoms with Crippen molar-refractivity contribution < 1.29 is 0 Å². The molecule has 1 unspecified atom stereocenters. The van der Waals surface area contributed by atoms with Gasteiger partial charge >= 0.3 is 0 Å². The zero-order chi connectivity index (χ0) is 16.7. The lowest BCUT2D eigenvalue weighted by molar-refractivity contribution is 0.357. The first-order valence-electron chi connectivity index (χ1n) is 8.03. The summed E-state index contributed by atoms with van der Waals surface area (Å²) < 4.78 is 1.95. The standard InChI is InChI=1S/C16H32N6/c1-8-21(6)10-9-18-16(17-5)19-12(2)11-15-13(3)20-22(7)14(15)4/h12H,8-11H2,1-7H3,(H2,17,18,19). The Kier molecular flexibility index (Phi) is 7.38. The highest BCUT2D eigenvalue weighted by atomic mass is 15.3. The average Bonchev–Trinajstić information content (AvgIpc) is 2.72. The summed E-state index contributed by atoms with van der Waals surface area (Å²) in [5, 5.41) is 11.3. The van der Waals surface area contributed by atoms with Crippen molar-refractivity contribution in [3.8, 4) is 0 Å². The van der Waals surface area contributed by atoms with Crippen molar-refractivity contribution in [1.82, 2.24) is 25.3 Å². The molecule has 22 heavy (non-hydrogen) atoms. The molecule has 0 amide bonds. The van der Waals surface area contributed by atoms with Crippen LogP contribution in [0.5, 0.6) is 0 Å². The molecule has 0 aliphatic carbocycles. The Hall–Kier alpha value is -1.56. The van der Waals surface area contributed by atoms with Gasteiger partial charge < -0.3 is 15.5 Å². The third-order valence-electron chi connectivity index (χ3n) is 4.10. The molecule has 0 radical (unpaired) electrons. The molecule has 1 heterocycles. The SMILES string of the molecule is CCN(C)CCNC(=NC)NC(C)Cc1c(C)nn(C)c1C. The minimum atomic E-state index is 0.303. The smallest absolute Gasteiger partial charge is 0.191 e. The normalized spacial score (nSPS) is 13.5. The van der Waals surface area contributed by atoms with Crippen molar-refractivity contribution in [3.05, 3.63) is 17.0 Å². The minimum absolute atomic E-state index is 0.303. The van der Waals surface area contributed by atoms with Gasteiger partial charge in [-0.2, -0.15) is 5.10 Å². The van der Waals surface area contributed by atoms with E-state index in [1.807, 2.05) is 18.8 Å². The summed E-state index contributed by atoms with van der Waals surface area (Å²) in [5.41, 5.74) is 3.67. The van der Waals surface area contributed by atoms with Gasteiger partial charge in [-0.15, -0.1) is 0 Å². The van der Waals surface area contributed by atoms with E-state index in [2.05, 4.69) is 60.4 Å². The van der Waals surface area contributed by atoms with Crippen LogP contribution in [-0.2, 0) is 13.5 Å². The molecule has 1 aromatic heterocycles. The van der Waals surface area contributed by atoms with Crippen LogP contribution in [0.1, 0.15) is 30.8 Å². The van der Waals surface area contributed by atoms with Crippen molar-refractivity contribution >= 4 is 5.96 Å². The highest BCUT2D eigenvalue weighted by Crippen LogP contribution is 2.13. The lowest BCUT2D eigenvalue weighted by Gasteiger charge is -2.20. The zero-order valence-corrected chi connectivity index (χ0v) is 15.2. The summed E-state index contributed by atoms with van der Waals surface area (Å²) in [5.74, 6) is 0.858. The summed E-state index contributed by atoms with van der Waals surface area (Å²) in [6.07, 6.45) is 0.946. The molecule has 2 N–H and O–H groups in total. The van der Waals surface area contributed by atoms with E-state index in [0.717, 1.165) is 37.7 Å². The number of rotatable bonds is 7. The maximum absolute atomic E-state index is 4.48. The number of aryl methyl sites for hydroxylation is 2. The molecular weight excluding hydrogens is 276 g/mol. The van der Waals surface area contributed by atoms with Crippen molar-refractivity contribution in [3.63, 3.8) is 0 Å². The van der Waals surface area contributed by atoms with E-state index in [0.29, 0.717) is 6.04 Å². The lowest BCUT2D eigenvalue weighted by Crippen LogP contribution is -2.45. The summed E-state index contributed by atoms with van der Waals surface area (Å²) in [6.45, 7) is 11.5. The fraction of sp³-hybridized carbons (Fsp3) is 0.750. The van der Waals surface area contributed by atoms with Crippen LogP contribution >= 0.6 is 0 Å². The van der Waals surface area contributed by atoms with Gasteiger partial charge in [-0.25, -0.2) is 0 Å². The Bertz CT molecular complexity index is 491. The highest BCUT2D eigenvalue weighted by Gasteiger charge is 2.13. The van der Waals surface area contributed by atoms with Crippen molar-refractivity contribution in [2.75, 3.05) is 33.7 Å². The molecule has 0 aliphatic rings. The monoisotopic (exact) mass is 308 g/mol. The second-order valence-electron chi connectivity index (χ2n) is 5.92. The molecule has 1 rings (SSSR count). The fourth-order valence-electron chi connectivity index (χ4n) is 2.42. The number of nitrogens with one attached hydrogen (secondary N) is 2. The Balaban J connectivity index is 2.50. The molecule has 1 atom stereocenters. The van der Waals surface area contributed by atoms with Crippen molar-refractivity contribution in [2.24, 2.45) is 12.0 Å². The van der Waals surface area contributed by atoms with E-state index in [1.54, 1.807) is 0 Å². The number of likely N-dealkylation sites (N-methyl/N-ethyl adjacent to an activating group) is 1. The van der Waals surface area contributed by atoms with Crippen molar-refractivity contribution in [1.29, 1.82) is 0 Å². The molecule has 126 valence electrons. The first-order valence-corrected chi connectivity index (χ1v) is 8.03. The summed E-state index contributed by atoms with van der Waals surface area (Å²) >= 11 is 0. The predicted octanol–water partition coefficient (Wildman–Crippen LogP) is 1.08. The van der Waals surface area contributed by atoms with E-state index >= 15 is 0 Å². The molecule has 0 saturated heterocycles. The first-order chi connectivity index (χ1) is 10.4. The molecule has 0 bridgehead atoms. The maximum Gasteiger partial charge on any atom is 0.191 e. The third kappa shape index (κ3) is 5.33. The summed E-state index contributed by atoms with van der Waals surface area (Å²) in [4.78, 5) is 6.57. The molecule has 0 aliphatic heterocycles. The molecule has 1 aromatic rings. The van der Waals surface area contributed by atoms with Crippen LogP contribution in [0.3, 0.4) is 0 Å². The van der Waals surface area contributed by atoms with E-state index in [1.165, 1.54) is 11.3 Å². The van der Waals surface area contributed by atoms with Gasteiger partial charge in [0.2, 0.25) is 0 Å². The molecule has 6 heteroatoms. The minimum Gasteiger partial charge on any atom is -0.355 e. The highest BCUT2D eigenvalue weighted by molar-refractivity contribution is 5.79. The molecule has 0 aromatic carbocycles. The Morgan fingerprint density at radius 3 is 2.59 bits per heavy atom. The maximum atomic E-state index is 4.48. The number of aromatic nitrogens is 2. The number of hydrogen-bond donors (Lipinski definition) is 2. The molecule has 6 nitrogen and oxygen atoms in total. The second kappa shape index (κ2) is 8.78. The van der Waals surface area contributed by atoms with Crippen molar-refractivity contribution in [2.45, 2.75) is 40.2 Å². The number of guanidine groups is 1. The molecule has 0 saturated carbocycles.